The van der Waals surface area contributed by atoms with Gasteiger partial charge in [-0.25, -0.2) is 4.98 Å². The van der Waals surface area contributed by atoms with Gasteiger partial charge in [0.15, 0.2) is 5.76 Å². The van der Waals surface area contributed by atoms with E-state index >= 15 is 0 Å². The van der Waals surface area contributed by atoms with Crippen molar-refractivity contribution in [2.45, 2.75) is 6.42 Å². The predicted octanol–water partition coefficient (Wildman–Crippen LogP) is 4.72. The number of pyridine rings is 1. The topological polar surface area (TPSA) is 94.1 Å². The molecule has 1 N–H and O–H groups in total. The summed E-state index contributed by atoms with van der Waals surface area (Å²) in [6, 6.07) is 22.3. The fourth-order valence-corrected chi connectivity index (χ4v) is 3.17. The molecule has 1 amide bonds. The Balaban J connectivity index is 1.37. The summed E-state index contributed by atoms with van der Waals surface area (Å²) < 4.78 is 10.6. The number of carbonyl (C=O) groups is 1. The van der Waals surface area contributed by atoms with Crippen LogP contribution in [0.2, 0.25) is 0 Å². The van der Waals surface area contributed by atoms with Gasteiger partial charge in [0.1, 0.15) is 5.69 Å². The summed E-state index contributed by atoms with van der Waals surface area (Å²) in [6.45, 7) is 0. The smallest absolute Gasteiger partial charge is 0.274 e. The van der Waals surface area contributed by atoms with E-state index < -0.39 is 0 Å². The summed E-state index contributed by atoms with van der Waals surface area (Å²) in [5.74, 6) is 1.06. The van der Waals surface area contributed by atoms with Gasteiger partial charge in [0, 0.05) is 11.1 Å². The highest BCUT2D eigenvalue weighted by molar-refractivity contribution is 6.04. The largest absolute Gasteiger partial charge is 0.461 e. The van der Waals surface area contributed by atoms with Gasteiger partial charge in [-0.1, -0.05) is 47.6 Å². The van der Waals surface area contributed by atoms with Crippen LogP contribution in [0.25, 0.3) is 22.5 Å². The summed E-state index contributed by atoms with van der Waals surface area (Å²) in [7, 11) is 0. The first-order chi connectivity index (χ1) is 14.8. The molecule has 0 atom stereocenters. The minimum atomic E-state index is -0.282. The first-order valence-electron chi connectivity index (χ1n) is 9.38. The number of anilines is 1. The Kier molecular flexibility index (Phi) is 4.53. The highest BCUT2D eigenvalue weighted by Gasteiger charge is 2.15. The molecule has 0 saturated carbocycles. The third kappa shape index (κ3) is 3.56. The molecule has 0 unspecified atom stereocenters. The monoisotopic (exact) mass is 396 g/mol. The van der Waals surface area contributed by atoms with Crippen LogP contribution in [0, 0.1) is 0 Å². The average molecular weight is 396 g/mol. The van der Waals surface area contributed by atoms with Gasteiger partial charge in [0.25, 0.3) is 5.91 Å². The Morgan fingerprint density at radius 3 is 2.67 bits per heavy atom. The summed E-state index contributed by atoms with van der Waals surface area (Å²) in [6.07, 6.45) is 1.92. The summed E-state index contributed by atoms with van der Waals surface area (Å²) in [4.78, 5) is 21.6. The van der Waals surface area contributed by atoms with E-state index in [2.05, 4.69) is 20.4 Å². The molecule has 3 heterocycles. The highest BCUT2D eigenvalue weighted by atomic mass is 16.5. The highest BCUT2D eigenvalue weighted by Crippen LogP contribution is 2.22. The molecule has 0 bridgehead atoms. The molecule has 7 heteroatoms. The molecule has 7 nitrogen and oxygen atoms in total. The van der Waals surface area contributed by atoms with Gasteiger partial charge in [0.05, 0.1) is 18.2 Å². The third-order valence-corrected chi connectivity index (χ3v) is 4.65. The summed E-state index contributed by atoms with van der Waals surface area (Å²) in [5.41, 5.74) is 2.63. The number of carbonyl (C=O) groups excluding carboxylic acids is 1. The number of para-hydroxylation sites is 2. The van der Waals surface area contributed by atoms with Crippen molar-refractivity contribution in [2.75, 3.05) is 5.32 Å². The third-order valence-electron chi connectivity index (χ3n) is 4.65. The first kappa shape index (κ1) is 17.8. The molecule has 0 aliphatic carbocycles. The number of hydrogen-bond donors (Lipinski definition) is 1. The van der Waals surface area contributed by atoms with E-state index in [1.165, 1.54) is 0 Å². The molecule has 30 heavy (non-hydrogen) atoms. The lowest BCUT2D eigenvalue weighted by Crippen LogP contribution is -2.15. The van der Waals surface area contributed by atoms with Gasteiger partial charge < -0.3 is 14.3 Å². The molecular weight excluding hydrogens is 380 g/mol. The normalized spacial score (nSPS) is 10.9. The minimum absolute atomic E-state index is 0.282. The number of fused-ring (bicyclic) bond motifs is 1. The van der Waals surface area contributed by atoms with Gasteiger partial charge in [-0.2, -0.15) is 4.98 Å². The SMILES string of the molecule is O=C(Nc1ccccc1Cc1nc(-c2ccco2)no1)c1ccc2ccccc2n1. The second kappa shape index (κ2) is 7.63. The zero-order valence-electron chi connectivity index (χ0n) is 15.8. The molecule has 0 fully saturated rings. The van der Waals surface area contributed by atoms with Crippen LogP contribution in [0.4, 0.5) is 5.69 Å². The van der Waals surface area contributed by atoms with Crippen molar-refractivity contribution >= 4 is 22.5 Å². The van der Waals surface area contributed by atoms with Gasteiger partial charge in [-0.15, -0.1) is 0 Å². The number of rotatable bonds is 5. The van der Waals surface area contributed by atoms with Gasteiger partial charge >= 0.3 is 0 Å². The maximum Gasteiger partial charge on any atom is 0.274 e. The Morgan fingerprint density at radius 1 is 0.900 bits per heavy atom. The Labute approximate surface area is 171 Å². The van der Waals surface area contributed by atoms with Crippen LogP contribution in [-0.4, -0.2) is 21.0 Å². The van der Waals surface area contributed by atoms with Gasteiger partial charge in [-0.3, -0.25) is 4.79 Å². The molecule has 5 aromatic rings. The lowest BCUT2D eigenvalue weighted by atomic mass is 10.1. The van der Waals surface area contributed by atoms with Crippen LogP contribution in [0.3, 0.4) is 0 Å². The lowest BCUT2D eigenvalue weighted by molar-refractivity contribution is 0.102. The van der Waals surface area contributed by atoms with E-state index in [1.54, 1.807) is 24.5 Å². The van der Waals surface area contributed by atoms with Crippen molar-refractivity contribution in [3.8, 4) is 11.6 Å². The molecule has 2 aromatic carbocycles. The van der Waals surface area contributed by atoms with Crippen LogP contribution >= 0.6 is 0 Å². The van der Waals surface area contributed by atoms with Crippen molar-refractivity contribution < 1.29 is 13.7 Å². The maximum absolute atomic E-state index is 12.8. The molecule has 0 aliphatic rings. The second-order valence-corrected chi connectivity index (χ2v) is 6.67. The summed E-state index contributed by atoms with van der Waals surface area (Å²) >= 11 is 0. The molecule has 5 rings (SSSR count). The molecular formula is C23H16N4O3. The Morgan fingerprint density at radius 2 is 1.77 bits per heavy atom. The molecule has 3 aromatic heterocycles. The van der Waals surface area contributed by atoms with Crippen LogP contribution in [0.5, 0.6) is 0 Å². The average Bonchev–Trinajstić information content (AvgIpc) is 3.47. The lowest BCUT2D eigenvalue weighted by Gasteiger charge is -2.10. The van der Waals surface area contributed by atoms with Crippen molar-refractivity contribution in [1.29, 1.82) is 0 Å². The van der Waals surface area contributed by atoms with E-state index in [9.17, 15) is 4.79 Å². The summed E-state index contributed by atoms with van der Waals surface area (Å²) in [5, 5.41) is 7.87. The standard InChI is InChI=1S/C23H16N4O3/c28-23(19-12-11-15-6-1-3-8-17(15)24-19)25-18-9-4-2-7-16(18)14-21-26-22(27-30-21)20-10-5-13-29-20/h1-13H,14H2,(H,25,28). The zero-order chi connectivity index (χ0) is 20.3. The van der Waals surface area contributed by atoms with Gasteiger partial charge in [-0.05, 0) is 35.9 Å². The molecule has 146 valence electrons. The number of benzene rings is 2. The van der Waals surface area contributed by atoms with Crippen LogP contribution in [0.15, 0.2) is 88.0 Å². The quantitative estimate of drug-likeness (QED) is 0.462. The van der Waals surface area contributed by atoms with E-state index in [4.69, 9.17) is 8.94 Å². The molecule has 0 aliphatic heterocycles. The number of furan rings is 1. The second-order valence-electron chi connectivity index (χ2n) is 6.67. The van der Waals surface area contributed by atoms with Crippen LogP contribution < -0.4 is 5.32 Å². The van der Waals surface area contributed by atoms with Crippen LogP contribution in [0.1, 0.15) is 21.9 Å². The maximum atomic E-state index is 12.8. The van der Waals surface area contributed by atoms with E-state index in [-0.39, 0.29) is 5.91 Å². The Bertz CT molecular complexity index is 1330. The van der Waals surface area contributed by atoms with Crippen molar-refractivity contribution in [2.24, 2.45) is 0 Å². The van der Waals surface area contributed by atoms with E-state index in [0.717, 1.165) is 16.5 Å². The number of nitrogens with zero attached hydrogens (tertiary/aromatic N) is 3. The number of hydrogen-bond acceptors (Lipinski definition) is 6. The van der Waals surface area contributed by atoms with Crippen molar-refractivity contribution in [3.05, 3.63) is 96.2 Å². The van der Waals surface area contributed by atoms with Crippen molar-refractivity contribution in [1.82, 2.24) is 15.1 Å². The predicted molar refractivity (Wildman–Crippen MR) is 111 cm³/mol. The first-order valence-corrected chi connectivity index (χ1v) is 9.38. The fourth-order valence-electron chi connectivity index (χ4n) is 3.17. The number of aromatic nitrogens is 3. The van der Waals surface area contributed by atoms with Crippen LogP contribution in [-0.2, 0) is 6.42 Å². The molecule has 0 saturated heterocycles. The van der Waals surface area contributed by atoms with Gasteiger partial charge in [0.2, 0.25) is 11.7 Å². The Hall–Kier alpha value is -4.26. The van der Waals surface area contributed by atoms with Crippen molar-refractivity contribution in [3.63, 3.8) is 0 Å². The minimum Gasteiger partial charge on any atom is -0.461 e. The number of nitrogens with one attached hydrogen (secondary N) is 1. The van der Waals surface area contributed by atoms with E-state index in [1.807, 2.05) is 54.6 Å². The fraction of sp³-hybridized carbons (Fsp3) is 0.0435. The molecule has 0 radical (unpaired) electrons. The van der Waals surface area contributed by atoms with E-state index in [0.29, 0.717) is 35.3 Å². The number of amides is 1. The zero-order valence-corrected chi connectivity index (χ0v) is 15.8. The molecule has 0 spiro atoms.